The summed E-state index contributed by atoms with van der Waals surface area (Å²) >= 11 is 12.0. The molecule has 0 saturated carbocycles. The monoisotopic (exact) mass is 345 g/mol. The van der Waals surface area contributed by atoms with Gasteiger partial charge >= 0.3 is 0 Å². The van der Waals surface area contributed by atoms with Crippen molar-refractivity contribution in [3.05, 3.63) is 22.3 Å². The summed E-state index contributed by atoms with van der Waals surface area (Å²) in [4.78, 5) is 20.5. The summed E-state index contributed by atoms with van der Waals surface area (Å²) in [5, 5.41) is 1.04. The number of aromatic nitrogens is 1. The molecule has 0 N–H and O–H groups in total. The van der Waals surface area contributed by atoms with Crippen molar-refractivity contribution in [1.82, 2.24) is 9.88 Å². The van der Waals surface area contributed by atoms with Crippen LogP contribution in [0, 0.1) is 0 Å². The number of ether oxygens (including phenoxy) is 2. The normalized spacial score (nSPS) is 22.7. The first-order chi connectivity index (χ1) is 10.6. The van der Waals surface area contributed by atoms with Gasteiger partial charge in [-0.25, -0.2) is 4.98 Å². The van der Waals surface area contributed by atoms with Crippen LogP contribution in [0.2, 0.25) is 10.0 Å². The minimum Gasteiger partial charge on any atom is -0.376 e. The Morgan fingerprint density at radius 2 is 2.00 bits per heavy atom. The third kappa shape index (κ3) is 3.46. The largest absolute Gasteiger partial charge is 0.376 e. The average Bonchev–Trinajstić information content (AvgIpc) is 2.55. The SMILES string of the molecule is O=C(C1COCCO1)N1CCN(c2ncc(Cl)cc2Cl)CC1. The zero-order chi connectivity index (χ0) is 15.5. The third-order valence-electron chi connectivity index (χ3n) is 3.77. The summed E-state index contributed by atoms with van der Waals surface area (Å²) in [6.45, 7) is 3.93. The summed E-state index contributed by atoms with van der Waals surface area (Å²) in [5.41, 5.74) is 0. The maximum atomic E-state index is 12.4. The van der Waals surface area contributed by atoms with Crippen LogP contribution in [0.3, 0.4) is 0 Å². The van der Waals surface area contributed by atoms with Gasteiger partial charge in [0, 0.05) is 32.4 Å². The molecule has 1 aromatic heterocycles. The minimum absolute atomic E-state index is 0.00508. The molecule has 3 rings (SSSR count). The third-order valence-corrected chi connectivity index (χ3v) is 4.26. The number of amides is 1. The summed E-state index contributed by atoms with van der Waals surface area (Å²) in [5.74, 6) is 0.699. The Kier molecular flexibility index (Phi) is 5.03. The van der Waals surface area contributed by atoms with E-state index in [-0.39, 0.29) is 5.91 Å². The molecule has 2 fully saturated rings. The maximum Gasteiger partial charge on any atom is 0.254 e. The summed E-state index contributed by atoms with van der Waals surface area (Å²) in [7, 11) is 0. The smallest absolute Gasteiger partial charge is 0.254 e. The molecule has 120 valence electrons. The van der Waals surface area contributed by atoms with Crippen molar-refractivity contribution < 1.29 is 14.3 Å². The Balaban J connectivity index is 1.59. The van der Waals surface area contributed by atoms with E-state index in [1.165, 1.54) is 0 Å². The number of carbonyl (C=O) groups is 1. The fraction of sp³-hybridized carbons (Fsp3) is 0.571. The van der Waals surface area contributed by atoms with Gasteiger partial charge < -0.3 is 19.3 Å². The van der Waals surface area contributed by atoms with E-state index in [2.05, 4.69) is 9.88 Å². The van der Waals surface area contributed by atoms with Crippen LogP contribution in [0.15, 0.2) is 12.3 Å². The molecule has 2 aliphatic rings. The second-order valence-corrected chi connectivity index (χ2v) is 6.05. The molecule has 0 aromatic carbocycles. The van der Waals surface area contributed by atoms with Crippen molar-refractivity contribution in [2.75, 3.05) is 50.9 Å². The molecular formula is C14H17Cl2N3O3. The molecule has 2 aliphatic heterocycles. The molecule has 0 radical (unpaired) electrons. The molecule has 1 aromatic rings. The Morgan fingerprint density at radius 1 is 1.23 bits per heavy atom. The zero-order valence-corrected chi connectivity index (χ0v) is 13.5. The lowest BCUT2D eigenvalue weighted by atomic mass is 10.2. The van der Waals surface area contributed by atoms with Crippen molar-refractivity contribution in [2.24, 2.45) is 0 Å². The van der Waals surface area contributed by atoms with Crippen LogP contribution in [-0.4, -0.2) is 67.9 Å². The van der Waals surface area contributed by atoms with Gasteiger partial charge in [0.25, 0.3) is 5.91 Å². The molecule has 8 heteroatoms. The van der Waals surface area contributed by atoms with Gasteiger partial charge in [0.15, 0.2) is 6.10 Å². The summed E-state index contributed by atoms with van der Waals surface area (Å²) < 4.78 is 10.7. The second-order valence-electron chi connectivity index (χ2n) is 5.21. The molecule has 2 saturated heterocycles. The zero-order valence-electron chi connectivity index (χ0n) is 12.0. The Hall–Kier alpha value is -1.08. The lowest BCUT2D eigenvalue weighted by Crippen LogP contribution is -2.53. The minimum atomic E-state index is -0.474. The molecule has 0 bridgehead atoms. The van der Waals surface area contributed by atoms with Gasteiger partial charge in [-0.3, -0.25) is 4.79 Å². The van der Waals surface area contributed by atoms with Crippen LogP contribution < -0.4 is 4.90 Å². The van der Waals surface area contributed by atoms with Gasteiger partial charge in [-0.1, -0.05) is 23.2 Å². The quantitative estimate of drug-likeness (QED) is 0.812. The van der Waals surface area contributed by atoms with Crippen LogP contribution in [0.1, 0.15) is 0 Å². The van der Waals surface area contributed by atoms with Crippen LogP contribution in [-0.2, 0) is 14.3 Å². The van der Waals surface area contributed by atoms with E-state index < -0.39 is 6.10 Å². The molecule has 3 heterocycles. The highest BCUT2D eigenvalue weighted by Gasteiger charge is 2.30. The highest BCUT2D eigenvalue weighted by molar-refractivity contribution is 6.36. The summed E-state index contributed by atoms with van der Waals surface area (Å²) in [6, 6.07) is 1.68. The van der Waals surface area contributed by atoms with Crippen molar-refractivity contribution in [1.29, 1.82) is 0 Å². The van der Waals surface area contributed by atoms with Gasteiger partial charge in [-0.05, 0) is 6.07 Å². The first-order valence-electron chi connectivity index (χ1n) is 7.19. The van der Waals surface area contributed by atoms with Gasteiger partial charge in [0.1, 0.15) is 5.82 Å². The molecule has 22 heavy (non-hydrogen) atoms. The highest BCUT2D eigenvalue weighted by atomic mass is 35.5. The highest BCUT2D eigenvalue weighted by Crippen LogP contribution is 2.26. The molecule has 1 unspecified atom stereocenters. The second kappa shape index (κ2) is 7.00. The van der Waals surface area contributed by atoms with Crippen LogP contribution in [0.25, 0.3) is 0 Å². The van der Waals surface area contributed by atoms with E-state index in [1.807, 2.05) is 0 Å². The van der Waals surface area contributed by atoms with Crippen LogP contribution >= 0.6 is 23.2 Å². The number of hydrogen-bond donors (Lipinski definition) is 0. The van der Waals surface area contributed by atoms with Crippen molar-refractivity contribution in [2.45, 2.75) is 6.10 Å². The lowest BCUT2D eigenvalue weighted by molar-refractivity contribution is -0.158. The van der Waals surface area contributed by atoms with Crippen LogP contribution in [0.4, 0.5) is 5.82 Å². The van der Waals surface area contributed by atoms with Crippen molar-refractivity contribution in [3.63, 3.8) is 0 Å². The number of carbonyl (C=O) groups excluding carboxylic acids is 1. The molecule has 6 nitrogen and oxygen atoms in total. The van der Waals surface area contributed by atoms with Gasteiger partial charge in [-0.15, -0.1) is 0 Å². The molecule has 0 spiro atoms. The molecular weight excluding hydrogens is 329 g/mol. The number of nitrogens with zero attached hydrogens (tertiary/aromatic N) is 3. The predicted molar refractivity (Wildman–Crippen MR) is 83.6 cm³/mol. The summed E-state index contributed by atoms with van der Waals surface area (Å²) in [6.07, 6.45) is 1.10. The lowest BCUT2D eigenvalue weighted by Gasteiger charge is -2.37. The fourth-order valence-electron chi connectivity index (χ4n) is 2.61. The molecule has 1 amide bonds. The first kappa shape index (κ1) is 15.8. The van der Waals surface area contributed by atoms with E-state index in [0.717, 1.165) is 0 Å². The van der Waals surface area contributed by atoms with Gasteiger partial charge in [0.2, 0.25) is 0 Å². The van der Waals surface area contributed by atoms with Crippen molar-refractivity contribution in [3.8, 4) is 0 Å². The van der Waals surface area contributed by atoms with E-state index in [1.54, 1.807) is 17.2 Å². The van der Waals surface area contributed by atoms with E-state index >= 15 is 0 Å². The van der Waals surface area contributed by atoms with E-state index in [9.17, 15) is 4.79 Å². The molecule has 0 aliphatic carbocycles. The Morgan fingerprint density at radius 3 is 2.64 bits per heavy atom. The topological polar surface area (TPSA) is 54.9 Å². The van der Waals surface area contributed by atoms with Crippen molar-refractivity contribution >= 4 is 34.9 Å². The Bertz CT molecular complexity index is 544. The van der Waals surface area contributed by atoms with Gasteiger partial charge in [0.05, 0.1) is 29.9 Å². The first-order valence-corrected chi connectivity index (χ1v) is 7.95. The predicted octanol–water partition coefficient (Wildman–Crippen LogP) is 1.45. The van der Waals surface area contributed by atoms with E-state index in [0.29, 0.717) is 61.9 Å². The number of hydrogen-bond acceptors (Lipinski definition) is 5. The standard InChI is InChI=1S/C14H17Cl2N3O3/c15-10-7-11(16)13(17-8-10)18-1-3-19(4-2-18)14(20)12-9-21-5-6-22-12/h7-8,12H,1-6,9H2. The van der Waals surface area contributed by atoms with Crippen LogP contribution in [0.5, 0.6) is 0 Å². The Labute approximate surface area is 138 Å². The average molecular weight is 346 g/mol. The maximum absolute atomic E-state index is 12.4. The number of halogens is 2. The number of piperazine rings is 1. The number of anilines is 1. The number of pyridine rings is 1. The van der Waals surface area contributed by atoms with Gasteiger partial charge in [-0.2, -0.15) is 0 Å². The molecule has 1 atom stereocenters. The fourth-order valence-corrected chi connectivity index (χ4v) is 3.11. The van der Waals surface area contributed by atoms with E-state index in [4.69, 9.17) is 32.7 Å². The number of rotatable bonds is 2.